The summed E-state index contributed by atoms with van der Waals surface area (Å²) in [5, 5.41) is 0. The normalized spacial score (nSPS) is 19.8. The highest BCUT2D eigenvalue weighted by Gasteiger charge is 2.22. The fourth-order valence-electron chi connectivity index (χ4n) is 1.77. The maximum atomic E-state index is 5.64. The van der Waals surface area contributed by atoms with Crippen LogP contribution in [-0.2, 0) is 11.2 Å². The molecule has 1 heterocycles. The van der Waals surface area contributed by atoms with E-state index in [0.29, 0.717) is 12.0 Å². The van der Waals surface area contributed by atoms with Crippen molar-refractivity contribution in [3.63, 3.8) is 0 Å². The first kappa shape index (κ1) is 11.2. The first-order chi connectivity index (χ1) is 7.70. The molecule has 2 nitrogen and oxygen atoms in total. The van der Waals surface area contributed by atoms with Crippen LogP contribution in [0.25, 0.3) is 0 Å². The monoisotopic (exact) mass is 217 g/mol. The molecule has 2 heteroatoms. The maximum absolute atomic E-state index is 5.64. The molecule has 1 aliphatic rings. The fraction of sp³-hybridized carbons (Fsp3) is 0.500. The molecule has 86 valence electrons. The van der Waals surface area contributed by atoms with Crippen molar-refractivity contribution in [1.29, 1.82) is 0 Å². The van der Waals surface area contributed by atoms with Crippen LogP contribution in [0.15, 0.2) is 29.3 Å². The fourth-order valence-corrected chi connectivity index (χ4v) is 1.77. The lowest BCUT2D eigenvalue weighted by atomic mass is 10.1. The third-order valence-electron chi connectivity index (χ3n) is 3.05. The van der Waals surface area contributed by atoms with Gasteiger partial charge in [-0.05, 0) is 30.0 Å². The van der Waals surface area contributed by atoms with E-state index in [1.54, 1.807) is 0 Å². The summed E-state index contributed by atoms with van der Waals surface area (Å²) in [5.41, 5.74) is 2.45. The quantitative estimate of drug-likeness (QED) is 0.762. The molecule has 0 aromatic heterocycles. The summed E-state index contributed by atoms with van der Waals surface area (Å²) >= 11 is 0. The molecule has 0 fully saturated rings. The zero-order valence-electron chi connectivity index (χ0n) is 10.2. The molecular weight excluding hydrogens is 198 g/mol. The molecular formula is C14H19NO. The van der Waals surface area contributed by atoms with Gasteiger partial charge in [0.1, 0.15) is 6.61 Å². The van der Waals surface area contributed by atoms with Crippen LogP contribution < -0.4 is 0 Å². The predicted molar refractivity (Wildman–Crippen MR) is 66.9 cm³/mol. The van der Waals surface area contributed by atoms with E-state index in [-0.39, 0.29) is 0 Å². The van der Waals surface area contributed by atoms with Crippen molar-refractivity contribution in [1.82, 2.24) is 0 Å². The minimum Gasteiger partial charge on any atom is -0.475 e. The lowest BCUT2D eigenvalue weighted by Crippen LogP contribution is -2.13. The Hall–Kier alpha value is -1.31. The molecule has 1 aromatic carbocycles. The second-order valence-corrected chi connectivity index (χ2v) is 4.61. The van der Waals surface area contributed by atoms with Crippen molar-refractivity contribution < 1.29 is 4.74 Å². The highest BCUT2D eigenvalue weighted by Crippen LogP contribution is 2.17. The Bertz CT molecular complexity index is 378. The number of benzene rings is 1. The molecule has 0 amide bonds. The van der Waals surface area contributed by atoms with Crippen LogP contribution >= 0.6 is 0 Å². The summed E-state index contributed by atoms with van der Waals surface area (Å²) in [7, 11) is 0. The van der Waals surface area contributed by atoms with Gasteiger partial charge in [0.25, 0.3) is 0 Å². The number of aliphatic imine (C=N–C) groups is 1. The second kappa shape index (κ2) is 4.69. The third kappa shape index (κ3) is 2.26. The Kier molecular flexibility index (Phi) is 3.28. The zero-order valence-corrected chi connectivity index (χ0v) is 10.2. The highest BCUT2D eigenvalue weighted by atomic mass is 16.5. The summed E-state index contributed by atoms with van der Waals surface area (Å²) in [6.45, 7) is 7.25. The maximum Gasteiger partial charge on any atom is 0.216 e. The lowest BCUT2D eigenvalue weighted by molar-refractivity contribution is 0.292. The highest BCUT2D eigenvalue weighted by molar-refractivity contribution is 5.95. The van der Waals surface area contributed by atoms with E-state index in [0.717, 1.165) is 24.5 Å². The predicted octanol–water partition coefficient (Wildman–Crippen LogP) is 3.05. The third-order valence-corrected chi connectivity index (χ3v) is 3.05. The molecule has 0 bridgehead atoms. The topological polar surface area (TPSA) is 21.6 Å². The van der Waals surface area contributed by atoms with Crippen LogP contribution in [0.1, 0.15) is 31.9 Å². The van der Waals surface area contributed by atoms with Crippen LogP contribution in [0.3, 0.4) is 0 Å². The minimum atomic E-state index is 0.320. The van der Waals surface area contributed by atoms with Crippen LogP contribution in [0.2, 0.25) is 0 Å². The molecule has 0 saturated heterocycles. The van der Waals surface area contributed by atoms with Crippen molar-refractivity contribution in [2.24, 2.45) is 10.9 Å². The van der Waals surface area contributed by atoms with Gasteiger partial charge in [0.05, 0.1) is 6.04 Å². The number of hydrogen-bond acceptors (Lipinski definition) is 2. The van der Waals surface area contributed by atoms with Crippen LogP contribution in [0.5, 0.6) is 0 Å². The number of ether oxygens (including phenoxy) is 1. The van der Waals surface area contributed by atoms with E-state index in [9.17, 15) is 0 Å². The summed E-state index contributed by atoms with van der Waals surface area (Å²) in [6, 6.07) is 8.80. The zero-order chi connectivity index (χ0) is 11.5. The Labute approximate surface area is 97.4 Å². The Morgan fingerprint density at radius 1 is 1.31 bits per heavy atom. The molecule has 0 aliphatic carbocycles. The second-order valence-electron chi connectivity index (χ2n) is 4.61. The lowest BCUT2D eigenvalue weighted by Gasteiger charge is -2.06. The van der Waals surface area contributed by atoms with Gasteiger partial charge in [-0.1, -0.05) is 32.9 Å². The van der Waals surface area contributed by atoms with Gasteiger partial charge >= 0.3 is 0 Å². The molecule has 0 N–H and O–H groups in total. The minimum absolute atomic E-state index is 0.320. The molecule has 1 unspecified atom stereocenters. The molecule has 1 aliphatic heterocycles. The van der Waals surface area contributed by atoms with Crippen LogP contribution in [0, 0.1) is 5.92 Å². The van der Waals surface area contributed by atoms with E-state index >= 15 is 0 Å². The van der Waals surface area contributed by atoms with E-state index in [1.165, 1.54) is 5.56 Å². The van der Waals surface area contributed by atoms with E-state index in [2.05, 4.69) is 50.0 Å². The largest absolute Gasteiger partial charge is 0.475 e. The summed E-state index contributed by atoms with van der Waals surface area (Å²) < 4.78 is 5.64. The van der Waals surface area contributed by atoms with Gasteiger partial charge in [0, 0.05) is 5.56 Å². The number of rotatable bonds is 3. The average Bonchev–Trinajstić information content (AvgIpc) is 2.78. The Morgan fingerprint density at radius 3 is 2.50 bits per heavy atom. The van der Waals surface area contributed by atoms with Gasteiger partial charge in [-0.25, -0.2) is 4.99 Å². The van der Waals surface area contributed by atoms with Gasteiger partial charge in [-0.2, -0.15) is 0 Å². The first-order valence-electron chi connectivity index (χ1n) is 6.00. The van der Waals surface area contributed by atoms with Crippen molar-refractivity contribution in [2.45, 2.75) is 33.2 Å². The van der Waals surface area contributed by atoms with E-state index in [1.807, 2.05) is 0 Å². The van der Waals surface area contributed by atoms with Crippen molar-refractivity contribution in [2.75, 3.05) is 6.61 Å². The smallest absolute Gasteiger partial charge is 0.216 e. The average molecular weight is 217 g/mol. The summed E-state index contributed by atoms with van der Waals surface area (Å²) in [5.74, 6) is 1.36. The molecule has 2 rings (SSSR count). The van der Waals surface area contributed by atoms with Gasteiger partial charge in [-0.15, -0.1) is 0 Å². The van der Waals surface area contributed by atoms with E-state index < -0.39 is 0 Å². The SMILES string of the molecule is CCc1ccc(C2=NC(C(C)C)CO2)cc1. The van der Waals surface area contributed by atoms with Gasteiger partial charge < -0.3 is 4.74 Å². The molecule has 16 heavy (non-hydrogen) atoms. The van der Waals surface area contributed by atoms with Crippen molar-refractivity contribution in [3.8, 4) is 0 Å². The molecule has 0 spiro atoms. The standard InChI is InChI=1S/C14H19NO/c1-4-11-5-7-12(8-6-11)14-15-13(9-16-14)10(2)3/h5-8,10,13H,4,9H2,1-3H3. The summed E-state index contributed by atoms with van der Waals surface area (Å²) in [6.07, 6.45) is 1.07. The van der Waals surface area contributed by atoms with Crippen LogP contribution in [-0.4, -0.2) is 18.5 Å². The first-order valence-corrected chi connectivity index (χ1v) is 6.00. The van der Waals surface area contributed by atoms with Gasteiger partial charge in [0.2, 0.25) is 5.90 Å². The van der Waals surface area contributed by atoms with Crippen molar-refractivity contribution >= 4 is 5.90 Å². The molecule has 1 aromatic rings. The molecule has 1 atom stereocenters. The number of hydrogen-bond donors (Lipinski definition) is 0. The number of aryl methyl sites for hydroxylation is 1. The molecule has 0 saturated carbocycles. The Balaban J connectivity index is 2.16. The Morgan fingerprint density at radius 2 is 2.00 bits per heavy atom. The number of nitrogens with zero attached hydrogens (tertiary/aromatic N) is 1. The van der Waals surface area contributed by atoms with E-state index in [4.69, 9.17) is 4.74 Å². The van der Waals surface area contributed by atoms with Gasteiger partial charge in [-0.3, -0.25) is 0 Å². The molecule has 0 radical (unpaired) electrons. The summed E-state index contributed by atoms with van der Waals surface area (Å²) in [4.78, 5) is 4.61. The van der Waals surface area contributed by atoms with Gasteiger partial charge in [0.15, 0.2) is 0 Å². The van der Waals surface area contributed by atoms with Crippen LogP contribution in [0.4, 0.5) is 0 Å². The van der Waals surface area contributed by atoms with Crippen molar-refractivity contribution in [3.05, 3.63) is 35.4 Å².